The lowest BCUT2D eigenvalue weighted by Gasteiger charge is -2.19. The van der Waals surface area contributed by atoms with Gasteiger partial charge in [-0.25, -0.2) is 19.5 Å². The summed E-state index contributed by atoms with van der Waals surface area (Å²) in [4.78, 5) is 34.7. The molecule has 0 saturated carbocycles. The molecule has 14 heteroatoms. The van der Waals surface area contributed by atoms with Crippen molar-refractivity contribution < 1.29 is 28.6 Å². The molecule has 0 spiro atoms. The minimum absolute atomic E-state index is 0.116. The molecule has 0 aliphatic carbocycles. The van der Waals surface area contributed by atoms with Gasteiger partial charge in [0.15, 0.2) is 17.8 Å². The van der Waals surface area contributed by atoms with Gasteiger partial charge >= 0.3 is 7.60 Å². The standard InChI is InChI=1S/C26H40N7O6P/c1-2-3-4-5-6-7-12-29-26(35)22(27)13-19-8-10-20(11-9-19)39-40(36,37)18-38-21(15-34)14-33-17-32-23-24(28)30-16-31-25(23)33/h8-11,16-17,21-22,34H,2-7,12-15,18,27H2,1H3,(H,29,35)(H,36,37)(H2,28,30,31)/t21-,22-/m0/s1. The Bertz CT molecular complexity index is 1260. The fraction of sp³-hybridized carbons (Fsp3) is 0.538. The summed E-state index contributed by atoms with van der Waals surface area (Å²) in [5, 5.41) is 12.6. The molecule has 1 amide bonds. The average molecular weight is 578 g/mol. The van der Waals surface area contributed by atoms with Gasteiger partial charge in [-0.2, -0.15) is 0 Å². The summed E-state index contributed by atoms with van der Waals surface area (Å²) in [5.74, 6) is 0.176. The van der Waals surface area contributed by atoms with E-state index in [0.29, 0.717) is 24.1 Å². The molecule has 0 radical (unpaired) electrons. The molecule has 0 fully saturated rings. The van der Waals surface area contributed by atoms with Crippen molar-refractivity contribution in [3.05, 3.63) is 42.5 Å². The van der Waals surface area contributed by atoms with Crippen molar-refractivity contribution >= 4 is 30.5 Å². The van der Waals surface area contributed by atoms with Crippen LogP contribution in [0.2, 0.25) is 0 Å². The fourth-order valence-corrected chi connectivity index (χ4v) is 4.99. The van der Waals surface area contributed by atoms with Crippen LogP contribution in [0.1, 0.15) is 51.0 Å². The smallest absolute Gasteiger partial charge is 0.402 e. The number of carbonyl (C=O) groups excluding carboxylic acids is 1. The first-order valence-electron chi connectivity index (χ1n) is 13.5. The summed E-state index contributed by atoms with van der Waals surface area (Å²) in [5.41, 5.74) is 13.5. The van der Waals surface area contributed by atoms with E-state index < -0.39 is 32.7 Å². The number of amides is 1. The maximum Gasteiger partial charge on any atom is 0.402 e. The lowest BCUT2D eigenvalue weighted by Crippen LogP contribution is -2.42. The van der Waals surface area contributed by atoms with Crippen molar-refractivity contribution in [2.24, 2.45) is 5.73 Å². The molecule has 0 aliphatic heterocycles. The first-order valence-corrected chi connectivity index (χ1v) is 15.3. The zero-order chi connectivity index (χ0) is 29.0. The van der Waals surface area contributed by atoms with E-state index in [2.05, 4.69) is 27.2 Å². The lowest BCUT2D eigenvalue weighted by atomic mass is 10.1. The number of nitrogens with one attached hydrogen (secondary N) is 1. The summed E-state index contributed by atoms with van der Waals surface area (Å²) in [7, 11) is -4.20. The molecule has 1 aromatic carbocycles. The molecule has 2 aromatic heterocycles. The van der Waals surface area contributed by atoms with Crippen molar-refractivity contribution in [2.75, 3.05) is 25.2 Å². The van der Waals surface area contributed by atoms with E-state index in [9.17, 15) is 19.4 Å². The minimum Gasteiger partial charge on any atom is -0.423 e. The molecule has 1 unspecified atom stereocenters. The van der Waals surface area contributed by atoms with Gasteiger partial charge in [-0.3, -0.25) is 4.79 Å². The van der Waals surface area contributed by atoms with E-state index in [1.807, 2.05) is 0 Å². The maximum absolute atomic E-state index is 12.6. The predicted molar refractivity (Wildman–Crippen MR) is 152 cm³/mol. The van der Waals surface area contributed by atoms with Crippen molar-refractivity contribution in [1.82, 2.24) is 24.8 Å². The van der Waals surface area contributed by atoms with Crippen molar-refractivity contribution in [3.8, 4) is 5.75 Å². The molecule has 3 aromatic rings. The van der Waals surface area contributed by atoms with E-state index in [4.69, 9.17) is 20.7 Å². The van der Waals surface area contributed by atoms with Crippen LogP contribution in [0.3, 0.4) is 0 Å². The van der Waals surface area contributed by atoms with Crippen LogP contribution in [0.15, 0.2) is 36.9 Å². The fourth-order valence-electron chi connectivity index (χ4n) is 4.09. The van der Waals surface area contributed by atoms with Gasteiger partial charge in [-0.15, -0.1) is 0 Å². The Morgan fingerprint density at radius 2 is 1.85 bits per heavy atom. The molecule has 0 saturated heterocycles. The molecule has 3 atom stereocenters. The molecule has 40 heavy (non-hydrogen) atoms. The summed E-state index contributed by atoms with van der Waals surface area (Å²) in [6.45, 7) is 2.49. The lowest BCUT2D eigenvalue weighted by molar-refractivity contribution is -0.122. The number of fused-ring (bicyclic) bond motifs is 1. The van der Waals surface area contributed by atoms with Crippen LogP contribution in [0.5, 0.6) is 5.75 Å². The Morgan fingerprint density at radius 1 is 1.12 bits per heavy atom. The van der Waals surface area contributed by atoms with Gasteiger partial charge in [0.25, 0.3) is 0 Å². The Labute approximate surface area is 233 Å². The summed E-state index contributed by atoms with van der Waals surface area (Å²) < 4.78 is 25.0. The molecule has 7 N–H and O–H groups in total. The van der Waals surface area contributed by atoms with Crippen molar-refractivity contribution in [3.63, 3.8) is 0 Å². The Hall–Kier alpha value is -3.09. The first kappa shape index (κ1) is 31.4. The zero-order valence-electron chi connectivity index (χ0n) is 22.8. The van der Waals surface area contributed by atoms with Gasteiger partial charge in [0.05, 0.1) is 31.6 Å². The summed E-state index contributed by atoms with van der Waals surface area (Å²) >= 11 is 0. The number of unbranched alkanes of at least 4 members (excludes halogenated alkanes) is 5. The SMILES string of the molecule is CCCCCCCCNC(=O)[C@@H](N)Cc1ccc(OP(=O)(O)CO[C@H](CO)Cn2cnc3c(N)ncnc32)cc1. The number of carbonyl (C=O) groups is 1. The minimum atomic E-state index is -4.20. The quantitative estimate of drug-likeness (QED) is 0.110. The molecular weight excluding hydrogens is 537 g/mol. The number of nitrogens with two attached hydrogens (primary N) is 2. The van der Waals surface area contributed by atoms with Crippen LogP contribution in [0.25, 0.3) is 11.2 Å². The summed E-state index contributed by atoms with van der Waals surface area (Å²) in [6, 6.07) is 5.74. The van der Waals surface area contributed by atoms with Gasteiger partial charge < -0.3 is 40.6 Å². The van der Waals surface area contributed by atoms with Gasteiger partial charge in [0.1, 0.15) is 17.6 Å². The Kier molecular flexibility index (Phi) is 12.3. The van der Waals surface area contributed by atoms with Gasteiger partial charge in [0, 0.05) is 6.54 Å². The van der Waals surface area contributed by atoms with E-state index in [1.165, 1.54) is 50.5 Å². The monoisotopic (exact) mass is 577 g/mol. The van der Waals surface area contributed by atoms with E-state index in [0.717, 1.165) is 18.4 Å². The largest absolute Gasteiger partial charge is 0.423 e. The van der Waals surface area contributed by atoms with Crippen molar-refractivity contribution in [2.45, 2.75) is 70.6 Å². The van der Waals surface area contributed by atoms with Crippen LogP contribution >= 0.6 is 7.60 Å². The number of anilines is 1. The number of hydrogen-bond donors (Lipinski definition) is 5. The number of ether oxygens (including phenoxy) is 1. The molecule has 3 rings (SSSR count). The number of rotatable bonds is 18. The Morgan fingerprint density at radius 3 is 2.58 bits per heavy atom. The van der Waals surface area contributed by atoms with E-state index >= 15 is 0 Å². The number of aliphatic hydroxyl groups is 1. The highest BCUT2D eigenvalue weighted by molar-refractivity contribution is 7.53. The van der Waals surface area contributed by atoms with Crippen LogP contribution in [0, 0.1) is 0 Å². The Balaban J connectivity index is 1.43. The highest BCUT2D eigenvalue weighted by Crippen LogP contribution is 2.42. The number of aliphatic hydroxyl groups excluding tert-OH is 1. The van der Waals surface area contributed by atoms with E-state index in [1.54, 1.807) is 16.7 Å². The molecule has 0 aliphatic rings. The van der Waals surface area contributed by atoms with Crippen molar-refractivity contribution in [1.29, 1.82) is 0 Å². The third-order valence-electron chi connectivity index (χ3n) is 6.30. The number of imidazole rings is 1. The average Bonchev–Trinajstić information content (AvgIpc) is 3.35. The van der Waals surface area contributed by atoms with Gasteiger partial charge in [0.2, 0.25) is 5.91 Å². The van der Waals surface area contributed by atoms with Crippen LogP contribution < -0.4 is 21.3 Å². The maximum atomic E-state index is 12.6. The molecule has 220 valence electrons. The second-order valence-corrected chi connectivity index (χ2v) is 11.4. The third kappa shape index (κ3) is 9.83. The highest BCUT2D eigenvalue weighted by atomic mass is 31.2. The normalized spacial score (nSPS) is 14.5. The predicted octanol–water partition coefficient (Wildman–Crippen LogP) is 2.35. The van der Waals surface area contributed by atoms with Gasteiger partial charge in [-0.1, -0.05) is 51.2 Å². The molecule has 0 bridgehead atoms. The second kappa shape index (κ2) is 15.6. The number of aromatic nitrogens is 4. The highest BCUT2D eigenvalue weighted by Gasteiger charge is 2.25. The van der Waals surface area contributed by atoms with Crippen LogP contribution in [-0.4, -0.2) is 67.1 Å². The van der Waals surface area contributed by atoms with Crippen LogP contribution in [-0.2, 0) is 27.1 Å². The number of hydrogen-bond acceptors (Lipinski definition) is 10. The van der Waals surface area contributed by atoms with E-state index in [-0.39, 0.29) is 24.0 Å². The first-order chi connectivity index (χ1) is 19.2. The summed E-state index contributed by atoms with van der Waals surface area (Å²) in [6.07, 6.45) is 8.49. The topological polar surface area (TPSA) is 201 Å². The zero-order valence-corrected chi connectivity index (χ0v) is 23.7. The third-order valence-corrected chi connectivity index (χ3v) is 7.27. The number of benzene rings is 1. The number of nitrogens with zero attached hydrogens (tertiary/aromatic N) is 4. The molecular formula is C26H40N7O6P. The molecule has 2 heterocycles. The second-order valence-electron chi connectivity index (χ2n) is 9.67. The van der Waals surface area contributed by atoms with Gasteiger partial charge in [-0.05, 0) is 30.5 Å². The van der Waals surface area contributed by atoms with Crippen LogP contribution in [0.4, 0.5) is 5.82 Å². The number of nitrogen functional groups attached to an aromatic ring is 1. The molecule has 13 nitrogen and oxygen atoms in total.